The third kappa shape index (κ3) is 5.33. The van der Waals surface area contributed by atoms with Gasteiger partial charge in [0.15, 0.2) is 11.6 Å². The number of carbonyl (C=O) groups is 1. The maximum absolute atomic E-state index is 12.6. The Kier molecular flexibility index (Phi) is 7.68. The maximum Gasteiger partial charge on any atom is 0.408 e. The molecule has 1 atom stereocenters. The average molecular weight is 469 g/mol. The second kappa shape index (κ2) is 10.7. The Morgan fingerprint density at radius 1 is 1.15 bits per heavy atom. The molecule has 184 valence electrons. The van der Waals surface area contributed by atoms with Crippen LogP contribution in [0.4, 0.5) is 4.79 Å². The summed E-state index contributed by atoms with van der Waals surface area (Å²) in [5, 5.41) is 10.3. The number of aromatic nitrogens is 2. The molecule has 3 fully saturated rings. The molecule has 2 bridgehead atoms. The monoisotopic (exact) mass is 468 g/mol. The van der Waals surface area contributed by atoms with Crippen molar-refractivity contribution < 1.29 is 19.4 Å². The first-order chi connectivity index (χ1) is 16.4. The van der Waals surface area contributed by atoms with Crippen LogP contribution in [0.15, 0.2) is 36.7 Å². The van der Waals surface area contributed by atoms with Crippen molar-refractivity contribution in [3.05, 3.63) is 42.2 Å². The molecule has 0 radical (unpaired) electrons. The van der Waals surface area contributed by atoms with E-state index >= 15 is 0 Å². The predicted octanol–water partition coefficient (Wildman–Crippen LogP) is 4.26. The van der Waals surface area contributed by atoms with Gasteiger partial charge in [0.25, 0.3) is 0 Å². The van der Waals surface area contributed by atoms with E-state index in [-0.39, 0.29) is 6.04 Å². The summed E-state index contributed by atoms with van der Waals surface area (Å²) >= 11 is 0. The molecule has 1 aromatic heterocycles. The van der Waals surface area contributed by atoms with Crippen LogP contribution >= 0.6 is 0 Å². The number of carboxylic acid groups (broad SMARTS) is 1. The quantitative estimate of drug-likeness (QED) is 0.550. The van der Waals surface area contributed by atoms with Gasteiger partial charge in [-0.05, 0) is 63.7 Å². The summed E-state index contributed by atoms with van der Waals surface area (Å²) in [7, 11) is 1.67. The second-order valence-electron chi connectivity index (χ2n) is 9.76. The van der Waals surface area contributed by atoms with Gasteiger partial charge in [0.2, 0.25) is 0 Å². The van der Waals surface area contributed by atoms with Gasteiger partial charge in [-0.25, -0.2) is 14.8 Å². The molecular formula is C26H36N4O4. The summed E-state index contributed by atoms with van der Waals surface area (Å²) in [6.45, 7) is 8.34. The van der Waals surface area contributed by atoms with Crippen molar-refractivity contribution in [2.45, 2.75) is 51.1 Å². The molecule has 4 heterocycles. The Bertz CT molecular complexity index is 958. The number of benzene rings is 1. The van der Waals surface area contributed by atoms with Gasteiger partial charge in [0, 0.05) is 38.3 Å². The molecule has 1 aromatic carbocycles. The summed E-state index contributed by atoms with van der Waals surface area (Å²) in [5.41, 5.74) is 1.11. The number of hydrogen-bond donors (Lipinski definition) is 1. The minimum Gasteiger partial charge on any atom is -0.490 e. The Balaban J connectivity index is 1.54. The summed E-state index contributed by atoms with van der Waals surface area (Å²) in [6.07, 6.45) is 6.31. The molecule has 0 aliphatic carbocycles. The van der Waals surface area contributed by atoms with Crippen LogP contribution in [0.2, 0.25) is 0 Å². The van der Waals surface area contributed by atoms with E-state index < -0.39 is 11.6 Å². The van der Waals surface area contributed by atoms with Gasteiger partial charge in [-0.3, -0.25) is 4.90 Å². The van der Waals surface area contributed by atoms with Crippen LogP contribution in [0.5, 0.6) is 5.75 Å². The third-order valence-electron chi connectivity index (χ3n) is 7.27. The molecule has 8 nitrogen and oxygen atoms in total. The van der Waals surface area contributed by atoms with E-state index in [0.29, 0.717) is 30.7 Å². The lowest BCUT2D eigenvalue weighted by atomic mass is 9.84. The number of rotatable bonds is 9. The van der Waals surface area contributed by atoms with Gasteiger partial charge >= 0.3 is 6.09 Å². The smallest absolute Gasteiger partial charge is 0.408 e. The normalized spacial score (nSPS) is 22.3. The molecule has 1 N–H and O–H groups in total. The van der Waals surface area contributed by atoms with E-state index in [1.54, 1.807) is 24.4 Å². The van der Waals surface area contributed by atoms with Crippen molar-refractivity contribution in [1.82, 2.24) is 19.8 Å². The zero-order valence-electron chi connectivity index (χ0n) is 20.4. The highest BCUT2D eigenvalue weighted by Crippen LogP contribution is 2.38. The fourth-order valence-corrected chi connectivity index (χ4v) is 5.36. The van der Waals surface area contributed by atoms with Crippen molar-refractivity contribution >= 4 is 6.09 Å². The van der Waals surface area contributed by atoms with Crippen LogP contribution in [0, 0.1) is 5.92 Å². The first kappa shape index (κ1) is 24.4. The zero-order chi connectivity index (χ0) is 24.1. The lowest BCUT2D eigenvalue weighted by Crippen LogP contribution is -2.53. The summed E-state index contributed by atoms with van der Waals surface area (Å²) < 4.78 is 10.7. The van der Waals surface area contributed by atoms with Crippen LogP contribution in [-0.2, 0) is 10.3 Å². The van der Waals surface area contributed by atoms with Gasteiger partial charge < -0.3 is 19.5 Å². The molecule has 3 aliphatic heterocycles. The SMILES string of the molecule is COCCCOc1cnc(-c2cccc(C(C)(C)N(C(=O)O)C3CCN4CCC3CC4)c2)nc1. The molecule has 1 amide bonds. The van der Waals surface area contributed by atoms with Crippen LogP contribution < -0.4 is 4.74 Å². The van der Waals surface area contributed by atoms with Crippen LogP contribution in [-0.4, -0.2) is 77.0 Å². The Hall–Kier alpha value is -2.71. The first-order valence-corrected chi connectivity index (χ1v) is 12.2. The maximum atomic E-state index is 12.6. The van der Waals surface area contributed by atoms with Gasteiger partial charge in [-0.2, -0.15) is 0 Å². The molecule has 0 spiro atoms. The number of amides is 1. The summed E-state index contributed by atoms with van der Waals surface area (Å²) in [4.78, 5) is 25.7. The Morgan fingerprint density at radius 3 is 2.53 bits per heavy atom. The van der Waals surface area contributed by atoms with Crippen molar-refractivity contribution in [2.75, 3.05) is 40.0 Å². The molecule has 3 aliphatic rings. The molecule has 8 heteroatoms. The molecular weight excluding hydrogens is 432 g/mol. The number of hydrogen-bond acceptors (Lipinski definition) is 6. The first-order valence-electron chi connectivity index (χ1n) is 12.2. The number of nitrogens with zero attached hydrogens (tertiary/aromatic N) is 4. The Morgan fingerprint density at radius 2 is 1.85 bits per heavy atom. The van der Waals surface area contributed by atoms with Crippen LogP contribution in [0.25, 0.3) is 11.4 Å². The van der Waals surface area contributed by atoms with Crippen LogP contribution in [0.3, 0.4) is 0 Å². The number of fused-ring (bicyclic) bond motifs is 4. The lowest BCUT2D eigenvalue weighted by Gasteiger charge is -2.45. The van der Waals surface area contributed by atoms with E-state index in [0.717, 1.165) is 56.4 Å². The zero-order valence-corrected chi connectivity index (χ0v) is 20.4. The lowest BCUT2D eigenvalue weighted by molar-refractivity contribution is 0.0355. The highest BCUT2D eigenvalue weighted by Gasteiger charge is 2.43. The summed E-state index contributed by atoms with van der Waals surface area (Å²) in [5.74, 6) is 1.62. The largest absolute Gasteiger partial charge is 0.490 e. The topological polar surface area (TPSA) is 88.0 Å². The van der Waals surface area contributed by atoms with E-state index in [1.165, 1.54) is 0 Å². The fraction of sp³-hybridized carbons (Fsp3) is 0.577. The minimum atomic E-state index is -0.855. The van der Waals surface area contributed by atoms with E-state index in [4.69, 9.17) is 9.47 Å². The average Bonchev–Trinajstić information content (AvgIpc) is 3.16. The fourth-order valence-electron chi connectivity index (χ4n) is 5.36. The van der Waals surface area contributed by atoms with Crippen molar-refractivity contribution in [3.63, 3.8) is 0 Å². The minimum absolute atomic E-state index is 0.0226. The van der Waals surface area contributed by atoms with Gasteiger partial charge in [0.1, 0.15) is 0 Å². The molecule has 1 unspecified atom stereocenters. The van der Waals surface area contributed by atoms with Crippen molar-refractivity contribution in [3.8, 4) is 17.1 Å². The van der Waals surface area contributed by atoms with Gasteiger partial charge in [0.05, 0.1) is 24.5 Å². The Labute approximate surface area is 201 Å². The van der Waals surface area contributed by atoms with Crippen molar-refractivity contribution in [1.29, 1.82) is 0 Å². The van der Waals surface area contributed by atoms with Crippen molar-refractivity contribution in [2.24, 2.45) is 5.92 Å². The van der Waals surface area contributed by atoms with Gasteiger partial charge in [-0.1, -0.05) is 18.2 Å². The summed E-state index contributed by atoms with van der Waals surface area (Å²) in [6, 6.07) is 7.95. The highest BCUT2D eigenvalue weighted by atomic mass is 16.5. The third-order valence-corrected chi connectivity index (χ3v) is 7.27. The van der Waals surface area contributed by atoms with E-state index in [2.05, 4.69) is 14.9 Å². The molecule has 2 aromatic rings. The number of methoxy groups -OCH3 is 1. The number of piperidine rings is 1. The highest BCUT2D eigenvalue weighted by molar-refractivity contribution is 5.68. The number of ether oxygens (including phenoxy) is 2. The predicted molar refractivity (Wildman–Crippen MR) is 130 cm³/mol. The van der Waals surface area contributed by atoms with E-state index in [1.807, 2.05) is 38.1 Å². The molecule has 0 saturated carbocycles. The van der Waals surface area contributed by atoms with E-state index in [9.17, 15) is 9.90 Å². The van der Waals surface area contributed by atoms with Gasteiger partial charge in [-0.15, -0.1) is 0 Å². The molecule has 3 saturated heterocycles. The molecule has 5 rings (SSSR count). The van der Waals surface area contributed by atoms with Crippen LogP contribution in [0.1, 0.15) is 45.1 Å². The molecule has 34 heavy (non-hydrogen) atoms. The standard InChI is InChI=1S/C26H36N4O4/c1-26(2,30(25(31)32)23-10-13-29-11-8-19(23)9-12-29)21-7-4-6-20(16-21)24-27-17-22(18-28-24)34-15-5-14-33-3/h4,6-7,16-19,23H,5,8-15H2,1-3H3,(H,31,32). The second-order valence-corrected chi connectivity index (χ2v) is 9.76.